The highest BCUT2D eigenvalue weighted by Gasteiger charge is 2.24. The van der Waals surface area contributed by atoms with Gasteiger partial charge in [-0.05, 0) is 44.8 Å². The van der Waals surface area contributed by atoms with E-state index in [1.807, 2.05) is 6.92 Å². The van der Waals surface area contributed by atoms with E-state index < -0.39 is 4.92 Å². The van der Waals surface area contributed by atoms with E-state index >= 15 is 0 Å². The summed E-state index contributed by atoms with van der Waals surface area (Å²) >= 11 is 6.07. The molecule has 1 aromatic rings. The maximum atomic E-state index is 11.0. The number of para-hydroxylation sites is 1. The number of halogens is 1. The molecular weight excluding hydrogens is 266 g/mol. The van der Waals surface area contributed by atoms with Crippen LogP contribution in [0.25, 0.3) is 0 Å². The van der Waals surface area contributed by atoms with Crippen LogP contribution >= 0.6 is 11.6 Å². The molecule has 1 aliphatic heterocycles. The Labute approximate surface area is 117 Å². The van der Waals surface area contributed by atoms with Crippen LogP contribution in [0.3, 0.4) is 0 Å². The standard InChI is InChI=1S/C13H18ClN3O2/c1-9(10-4-3-7-15-8-10)16-13-11(14)5-2-6-12(13)17(18)19/h2,5-6,9-10,15-16H,3-4,7-8H2,1H3. The Morgan fingerprint density at radius 2 is 2.37 bits per heavy atom. The predicted octanol–water partition coefficient (Wildman–Crippen LogP) is 3.05. The molecule has 0 amide bonds. The van der Waals surface area contributed by atoms with E-state index in [9.17, 15) is 10.1 Å². The van der Waals surface area contributed by atoms with E-state index in [2.05, 4.69) is 10.6 Å². The zero-order valence-corrected chi connectivity index (χ0v) is 11.6. The van der Waals surface area contributed by atoms with Crippen molar-refractivity contribution in [3.8, 4) is 0 Å². The van der Waals surface area contributed by atoms with Crippen molar-refractivity contribution in [1.29, 1.82) is 0 Å². The molecule has 1 saturated heterocycles. The number of hydrogen-bond donors (Lipinski definition) is 2. The van der Waals surface area contributed by atoms with Crippen molar-refractivity contribution in [2.24, 2.45) is 5.92 Å². The van der Waals surface area contributed by atoms with Gasteiger partial charge in [-0.15, -0.1) is 0 Å². The molecule has 2 atom stereocenters. The molecule has 0 radical (unpaired) electrons. The summed E-state index contributed by atoms with van der Waals surface area (Å²) in [5.74, 6) is 0.463. The molecule has 2 unspecified atom stereocenters. The van der Waals surface area contributed by atoms with Crippen LogP contribution in [0.2, 0.25) is 5.02 Å². The fourth-order valence-corrected chi connectivity index (χ4v) is 2.68. The third-order valence-corrected chi connectivity index (χ3v) is 3.92. The molecule has 6 heteroatoms. The number of anilines is 1. The van der Waals surface area contributed by atoms with Gasteiger partial charge in [-0.2, -0.15) is 0 Å². The van der Waals surface area contributed by atoms with Gasteiger partial charge in [0.15, 0.2) is 0 Å². The average molecular weight is 284 g/mol. The molecule has 0 aliphatic carbocycles. The van der Waals surface area contributed by atoms with E-state index in [0.29, 0.717) is 16.6 Å². The molecule has 0 saturated carbocycles. The van der Waals surface area contributed by atoms with Gasteiger partial charge in [0, 0.05) is 12.1 Å². The predicted molar refractivity (Wildman–Crippen MR) is 76.8 cm³/mol. The van der Waals surface area contributed by atoms with E-state index in [1.165, 1.54) is 6.07 Å². The molecule has 1 aliphatic rings. The molecule has 5 nitrogen and oxygen atoms in total. The average Bonchev–Trinajstić information content (AvgIpc) is 2.41. The number of nitrogens with zero attached hydrogens (tertiary/aromatic N) is 1. The maximum absolute atomic E-state index is 11.0. The fourth-order valence-electron chi connectivity index (χ4n) is 2.46. The second-order valence-electron chi connectivity index (χ2n) is 4.93. The van der Waals surface area contributed by atoms with Gasteiger partial charge in [-0.3, -0.25) is 10.1 Å². The smallest absolute Gasteiger partial charge is 0.293 e. The fraction of sp³-hybridized carbons (Fsp3) is 0.538. The minimum absolute atomic E-state index is 0.0307. The Balaban J connectivity index is 2.15. The van der Waals surface area contributed by atoms with E-state index in [-0.39, 0.29) is 11.7 Å². The zero-order chi connectivity index (χ0) is 13.8. The van der Waals surface area contributed by atoms with E-state index in [1.54, 1.807) is 12.1 Å². The summed E-state index contributed by atoms with van der Waals surface area (Å²) in [6, 6.07) is 4.88. The first-order valence-electron chi connectivity index (χ1n) is 6.49. The second-order valence-corrected chi connectivity index (χ2v) is 5.34. The molecular formula is C13H18ClN3O2. The van der Waals surface area contributed by atoms with Crippen LogP contribution in [0.4, 0.5) is 11.4 Å². The summed E-state index contributed by atoms with van der Waals surface area (Å²) in [6.07, 6.45) is 2.26. The monoisotopic (exact) mass is 283 g/mol. The summed E-state index contributed by atoms with van der Waals surface area (Å²) in [6.45, 7) is 4.03. The van der Waals surface area contributed by atoms with Crippen LogP contribution in [-0.4, -0.2) is 24.1 Å². The molecule has 1 heterocycles. The van der Waals surface area contributed by atoms with Crippen LogP contribution in [0, 0.1) is 16.0 Å². The Kier molecular flexibility index (Phi) is 4.61. The van der Waals surface area contributed by atoms with Gasteiger partial charge in [0.2, 0.25) is 0 Å². The third kappa shape index (κ3) is 3.36. The van der Waals surface area contributed by atoms with Gasteiger partial charge in [0.1, 0.15) is 5.69 Å². The van der Waals surface area contributed by atoms with Crippen molar-refractivity contribution in [1.82, 2.24) is 5.32 Å². The SMILES string of the molecule is CC(Nc1c(Cl)cccc1[N+](=O)[O-])C1CCCNC1. The quantitative estimate of drug-likeness (QED) is 0.658. The zero-order valence-electron chi connectivity index (χ0n) is 10.9. The van der Waals surface area contributed by atoms with Gasteiger partial charge >= 0.3 is 0 Å². The Bertz CT molecular complexity index is 461. The first-order chi connectivity index (χ1) is 9.09. The molecule has 0 bridgehead atoms. The third-order valence-electron chi connectivity index (χ3n) is 3.60. The number of benzene rings is 1. The molecule has 0 aromatic heterocycles. The first kappa shape index (κ1) is 14.1. The summed E-state index contributed by atoms with van der Waals surface area (Å²) in [7, 11) is 0. The lowest BCUT2D eigenvalue weighted by atomic mass is 9.92. The highest BCUT2D eigenvalue weighted by atomic mass is 35.5. The molecule has 2 rings (SSSR count). The first-order valence-corrected chi connectivity index (χ1v) is 6.87. The summed E-state index contributed by atoms with van der Waals surface area (Å²) in [4.78, 5) is 10.6. The molecule has 1 fully saturated rings. The maximum Gasteiger partial charge on any atom is 0.293 e. The topological polar surface area (TPSA) is 67.2 Å². The van der Waals surface area contributed by atoms with Crippen molar-refractivity contribution in [2.45, 2.75) is 25.8 Å². The van der Waals surface area contributed by atoms with Gasteiger partial charge in [-0.1, -0.05) is 17.7 Å². The number of nitro benzene ring substituents is 1. The van der Waals surface area contributed by atoms with Crippen LogP contribution < -0.4 is 10.6 Å². The summed E-state index contributed by atoms with van der Waals surface area (Å²) in [5, 5.41) is 18.0. The normalized spacial score (nSPS) is 20.8. The lowest BCUT2D eigenvalue weighted by Crippen LogP contribution is -2.38. The highest BCUT2D eigenvalue weighted by molar-refractivity contribution is 6.33. The van der Waals surface area contributed by atoms with Crippen molar-refractivity contribution in [2.75, 3.05) is 18.4 Å². The lowest BCUT2D eigenvalue weighted by molar-refractivity contribution is -0.384. The largest absolute Gasteiger partial charge is 0.375 e. The number of hydrogen-bond acceptors (Lipinski definition) is 4. The molecule has 1 aromatic carbocycles. The lowest BCUT2D eigenvalue weighted by Gasteiger charge is -2.29. The number of nitro groups is 1. The Morgan fingerprint density at radius 1 is 1.58 bits per heavy atom. The second kappa shape index (κ2) is 6.21. The number of rotatable bonds is 4. The van der Waals surface area contributed by atoms with Gasteiger partial charge in [0.25, 0.3) is 5.69 Å². The minimum Gasteiger partial charge on any atom is -0.375 e. The van der Waals surface area contributed by atoms with E-state index in [0.717, 1.165) is 25.9 Å². The minimum atomic E-state index is -0.403. The van der Waals surface area contributed by atoms with Gasteiger partial charge < -0.3 is 10.6 Å². The van der Waals surface area contributed by atoms with Crippen LogP contribution in [0.5, 0.6) is 0 Å². The summed E-state index contributed by atoms with van der Waals surface area (Å²) in [5.41, 5.74) is 0.454. The number of piperidine rings is 1. The van der Waals surface area contributed by atoms with Crippen molar-refractivity contribution >= 4 is 23.0 Å². The molecule has 0 spiro atoms. The van der Waals surface area contributed by atoms with Crippen molar-refractivity contribution in [3.63, 3.8) is 0 Å². The van der Waals surface area contributed by atoms with Crippen LogP contribution in [0.15, 0.2) is 18.2 Å². The highest BCUT2D eigenvalue weighted by Crippen LogP contribution is 2.33. The van der Waals surface area contributed by atoms with Crippen molar-refractivity contribution < 1.29 is 4.92 Å². The Morgan fingerprint density at radius 3 is 3.00 bits per heavy atom. The van der Waals surface area contributed by atoms with Gasteiger partial charge in [0.05, 0.1) is 9.95 Å². The molecule has 2 N–H and O–H groups in total. The molecule has 19 heavy (non-hydrogen) atoms. The number of nitrogens with one attached hydrogen (secondary N) is 2. The van der Waals surface area contributed by atoms with Gasteiger partial charge in [-0.25, -0.2) is 0 Å². The van der Waals surface area contributed by atoms with Crippen molar-refractivity contribution in [3.05, 3.63) is 33.3 Å². The molecule has 104 valence electrons. The van der Waals surface area contributed by atoms with Crippen LogP contribution in [0.1, 0.15) is 19.8 Å². The summed E-state index contributed by atoms with van der Waals surface area (Å²) < 4.78 is 0. The van der Waals surface area contributed by atoms with E-state index in [4.69, 9.17) is 11.6 Å². The van der Waals surface area contributed by atoms with Crippen LogP contribution in [-0.2, 0) is 0 Å². The Hall–Kier alpha value is -1.33.